The second-order valence-corrected chi connectivity index (χ2v) is 11.4. The van der Waals surface area contributed by atoms with Gasteiger partial charge < -0.3 is 19.8 Å². The van der Waals surface area contributed by atoms with Crippen molar-refractivity contribution in [2.45, 2.75) is 148 Å². The van der Waals surface area contributed by atoms with Crippen molar-refractivity contribution < 1.29 is 34.2 Å². The van der Waals surface area contributed by atoms with Crippen LogP contribution >= 0.6 is 0 Å². The molecule has 228 valence electrons. The van der Waals surface area contributed by atoms with E-state index in [1.54, 1.807) is 0 Å². The molecule has 0 aliphatic heterocycles. The molecule has 0 amide bonds. The lowest BCUT2D eigenvalue weighted by molar-refractivity contribution is -0.929. The van der Waals surface area contributed by atoms with Crippen LogP contribution in [0.5, 0.6) is 0 Å². The van der Waals surface area contributed by atoms with Crippen LogP contribution < -0.4 is 0 Å². The third-order valence-electron chi connectivity index (χ3n) is 7.71. The Bertz CT molecular complexity index is 598. The van der Waals surface area contributed by atoms with Crippen molar-refractivity contribution >= 4 is 17.9 Å². The van der Waals surface area contributed by atoms with Crippen LogP contribution in [0, 0.1) is 0 Å². The van der Waals surface area contributed by atoms with Gasteiger partial charge in [0.15, 0.2) is 0 Å². The van der Waals surface area contributed by atoms with Gasteiger partial charge >= 0.3 is 17.9 Å². The molecule has 0 saturated carbocycles. The molecule has 7 heteroatoms. The number of carboxylic acid groups (broad SMARTS) is 3. The van der Waals surface area contributed by atoms with Crippen molar-refractivity contribution in [3.05, 3.63) is 12.2 Å². The van der Waals surface area contributed by atoms with Gasteiger partial charge in [0.1, 0.15) is 0 Å². The molecule has 0 radical (unpaired) electrons. The van der Waals surface area contributed by atoms with E-state index >= 15 is 0 Å². The zero-order valence-electron chi connectivity index (χ0n) is 25.1. The zero-order chi connectivity index (χ0) is 29.0. The minimum Gasteiger partial charge on any atom is -0.481 e. The van der Waals surface area contributed by atoms with Crippen LogP contribution in [-0.2, 0) is 14.4 Å². The Morgan fingerprint density at radius 1 is 0.462 bits per heavy atom. The summed E-state index contributed by atoms with van der Waals surface area (Å²) in [5, 5.41) is 27.2. The second-order valence-electron chi connectivity index (χ2n) is 11.4. The molecule has 0 spiro atoms. The highest BCUT2D eigenvalue weighted by molar-refractivity contribution is 5.67. The predicted octanol–water partition coefficient (Wildman–Crippen LogP) is 8.22. The standard InChI is InChI=1S/C32H59NO6/c1-2-3-4-5-6-7-8-9-10-11-12-13-14-15-16-17-18-19-26-33(27-20-23-30(34)35,28-21-24-31(36)37)29-22-25-32(38)39/h8-9H,2-7,10-29H2,1H3,(H2-,34,35,36,37,38,39)/p+1/b9-8+. The van der Waals surface area contributed by atoms with Crippen LogP contribution in [0.25, 0.3) is 0 Å². The normalized spacial score (nSPS) is 11.8. The van der Waals surface area contributed by atoms with Gasteiger partial charge in [0.25, 0.3) is 0 Å². The molecule has 0 saturated heterocycles. The molecule has 0 fully saturated rings. The first-order valence-corrected chi connectivity index (χ1v) is 16.0. The highest BCUT2D eigenvalue weighted by atomic mass is 16.4. The molecule has 0 bridgehead atoms. The summed E-state index contributed by atoms with van der Waals surface area (Å²) in [5.41, 5.74) is 0. The van der Waals surface area contributed by atoms with Crippen LogP contribution in [0.3, 0.4) is 0 Å². The topological polar surface area (TPSA) is 112 Å². The summed E-state index contributed by atoms with van der Waals surface area (Å²) in [4.78, 5) is 33.2. The van der Waals surface area contributed by atoms with Crippen molar-refractivity contribution in [2.24, 2.45) is 0 Å². The highest BCUT2D eigenvalue weighted by Gasteiger charge is 2.27. The molecule has 0 aliphatic rings. The predicted molar refractivity (Wildman–Crippen MR) is 159 cm³/mol. The lowest BCUT2D eigenvalue weighted by Gasteiger charge is -2.39. The van der Waals surface area contributed by atoms with Crippen molar-refractivity contribution in [2.75, 3.05) is 26.2 Å². The fourth-order valence-corrected chi connectivity index (χ4v) is 5.42. The van der Waals surface area contributed by atoms with Crippen LogP contribution in [0.4, 0.5) is 0 Å². The monoisotopic (exact) mass is 554 g/mol. The lowest BCUT2D eigenvalue weighted by Crippen LogP contribution is -2.51. The fraction of sp³-hybridized carbons (Fsp3) is 0.844. The second kappa shape index (κ2) is 26.3. The van der Waals surface area contributed by atoms with Crippen LogP contribution in [0.1, 0.15) is 148 Å². The number of carboxylic acids is 3. The van der Waals surface area contributed by atoms with Crippen molar-refractivity contribution in [3.63, 3.8) is 0 Å². The average molecular weight is 555 g/mol. The number of rotatable bonds is 30. The summed E-state index contributed by atoms with van der Waals surface area (Å²) in [6.07, 6.45) is 26.8. The van der Waals surface area contributed by atoms with Gasteiger partial charge in [-0.25, -0.2) is 0 Å². The minimum atomic E-state index is -0.825. The molecule has 0 aromatic heterocycles. The molecule has 0 unspecified atom stereocenters. The van der Waals surface area contributed by atoms with Crippen LogP contribution in [0.2, 0.25) is 0 Å². The molecule has 3 N–H and O–H groups in total. The molecule has 0 aliphatic carbocycles. The van der Waals surface area contributed by atoms with E-state index in [-0.39, 0.29) is 19.3 Å². The maximum absolute atomic E-state index is 11.1. The van der Waals surface area contributed by atoms with Gasteiger partial charge in [0, 0.05) is 19.3 Å². The SMILES string of the molecule is CCCCCCC/C=C/CCCCCCCCCCC[N+](CCCC(=O)O)(CCCC(=O)O)CCCC(=O)O. The van der Waals surface area contributed by atoms with Crippen LogP contribution in [0.15, 0.2) is 12.2 Å². The first kappa shape index (κ1) is 37.1. The Morgan fingerprint density at radius 3 is 1.13 bits per heavy atom. The molecule has 7 nitrogen and oxygen atoms in total. The van der Waals surface area contributed by atoms with Crippen molar-refractivity contribution in [1.82, 2.24) is 0 Å². The van der Waals surface area contributed by atoms with Gasteiger partial charge in [-0.1, -0.05) is 83.3 Å². The van der Waals surface area contributed by atoms with Gasteiger partial charge in [-0.3, -0.25) is 14.4 Å². The largest absolute Gasteiger partial charge is 0.481 e. The van der Waals surface area contributed by atoms with E-state index in [0.29, 0.717) is 43.4 Å². The smallest absolute Gasteiger partial charge is 0.303 e. The number of hydrogen-bond acceptors (Lipinski definition) is 3. The van der Waals surface area contributed by atoms with Gasteiger partial charge in [-0.2, -0.15) is 0 Å². The van der Waals surface area contributed by atoms with E-state index < -0.39 is 17.9 Å². The average Bonchev–Trinajstić information content (AvgIpc) is 2.87. The minimum absolute atomic E-state index is 0.0905. The Labute approximate surface area is 238 Å². The van der Waals surface area contributed by atoms with E-state index in [2.05, 4.69) is 19.1 Å². The van der Waals surface area contributed by atoms with E-state index in [1.807, 2.05) is 0 Å². The number of nitrogens with zero attached hydrogens (tertiary/aromatic N) is 1. The summed E-state index contributed by atoms with van der Waals surface area (Å²) in [6.45, 7) is 5.12. The Morgan fingerprint density at radius 2 is 0.769 bits per heavy atom. The molecule has 39 heavy (non-hydrogen) atoms. The van der Waals surface area contributed by atoms with E-state index in [0.717, 1.165) is 19.4 Å². The molecular weight excluding hydrogens is 494 g/mol. The number of hydrogen-bond donors (Lipinski definition) is 3. The molecule has 0 aromatic rings. The summed E-state index contributed by atoms with van der Waals surface area (Å²) in [6, 6.07) is 0. The van der Waals surface area contributed by atoms with Gasteiger partial charge in [-0.15, -0.1) is 0 Å². The number of aliphatic carboxylic acids is 3. The quantitative estimate of drug-likeness (QED) is 0.0468. The Balaban J connectivity index is 4.19. The molecule has 0 atom stereocenters. The summed E-state index contributed by atoms with van der Waals surface area (Å²) < 4.78 is 0.640. The number of allylic oxidation sites excluding steroid dienone is 2. The first-order valence-electron chi connectivity index (χ1n) is 16.0. The van der Waals surface area contributed by atoms with Gasteiger partial charge in [0.2, 0.25) is 0 Å². The highest BCUT2D eigenvalue weighted by Crippen LogP contribution is 2.19. The number of quaternary nitrogens is 1. The number of unbranched alkanes of at least 4 members (excludes halogenated alkanes) is 14. The fourth-order valence-electron chi connectivity index (χ4n) is 5.42. The Hall–Kier alpha value is -1.89. The molecular formula is C32H60NO6+. The third-order valence-corrected chi connectivity index (χ3v) is 7.71. The molecule has 0 rings (SSSR count). The van der Waals surface area contributed by atoms with Crippen LogP contribution in [-0.4, -0.2) is 63.9 Å². The molecule has 0 aromatic carbocycles. The van der Waals surface area contributed by atoms with Crippen molar-refractivity contribution in [1.29, 1.82) is 0 Å². The van der Waals surface area contributed by atoms with Gasteiger partial charge in [0.05, 0.1) is 45.4 Å². The Kier molecular flexibility index (Phi) is 25.1. The van der Waals surface area contributed by atoms with E-state index in [1.165, 1.54) is 89.9 Å². The lowest BCUT2D eigenvalue weighted by atomic mass is 10.0. The third kappa shape index (κ3) is 26.1. The summed E-state index contributed by atoms with van der Waals surface area (Å²) in [5.74, 6) is -2.48. The molecule has 0 heterocycles. The zero-order valence-corrected chi connectivity index (χ0v) is 25.1. The maximum atomic E-state index is 11.1. The van der Waals surface area contributed by atoms with E-state index in [4.69, 9.17) is 15.3 Å². The summed E-state index contributed by atoms with van der Waals surface area (Å²) in [7, 11) is 0. The maximum Gasteiger partial charge on any atom is 0.303 e. The van der Waals surface area contributed by atoms with E-state index in [9.17, 15) is 14.4 Å². The number of carbonyl (C=O) groups is 3. The first-order chi connectivity index (χ1) is 18.8. The van der Waals surface area contributed by atoms with Gasteiger partial charge in [-0.05, 0) is 38.5 Å². The van der Waals surface area contributed by atoms with Crippen molar-refractivity contribution in [3.8, 4) is 0 Å². The summed E-state index contributed by atoms with van der Waals surface area (Å²) >= 11 is 0.